The van der Waals surface area contributed by atoms with Gasteiger partial charge < -0.3 is 14.9 Å². The van der Waals surface area contributed by atoms with Gasteiger partial charge in [0.15, 0.2) is 0 Å². The van der Waals surface area contributed by atoms with Crippen LogP contribution in [0.5, 0.6) is 5.75 Å². The number of fused-ring (bicyclic) bond motifs is 1. The van der Waals surface area contributed by atoms with E-state index >= 15 is 0 Å². The van der Waals surface area contributed by atoms with Crippen LogP contribution in [0.2, 0.25) is 0 Å². The molecule has 0 saturated carbocycles. The molecule has 1 heterocycles. The average Bonchev–Trinajstić information content (AvgIpc) is 2.93. The lowest BCUT2D eigenvalue weighted by atomic mass is 9.89. The molecule has 2 aromatic carbocycles. The molecule has 0 amide bonds. The fourth-order valence-electron chi connectivity index (χ4n) is 5.02. The highest BCUT2D eigenvalue weighted by Crippen LogP contribution is 2.34. The molecule has 1 aliphatic carbocycles. The number of carbonyl (C=O) groups excluding carboxylic acids is 1. The normalized spacial score (nSPS) is 14.7. The minimum absolute atomic E-state index is 0.0819. The Morgan fingerprint density at radius 2 is 1.79 bits per heavy atom. The number of carbonyl (C=O) groups is 2. The van der Waals surface area contributed by atoms with Crippen LogP contribution in [0.15, 0.2) is 60.7 Å². The monoisotopic (exact) mass is 516 g/mol. The van der Waals surface area contributed by atoms with Gasteiger partial charge in [0.2, 0.25) is 0 Å². The van der Waals surface area contributed by atoms with E-state index in [1.165, 1.54) is 0 Å². The number of phenols is 1. The quantitative estimate of drug-likeness (QED) is 0.238. The molecule has 3 aromatic rings. The van der Waals surface area contributed by atoms with E-state index in [-0.39, 0.29) is 17.7 Å². The molecular formula is C31H36N2O5. The van der Waals surface area contributed by atoms with Crippen LogP contribution in [-0.4, -0.2) is 51.7 Å². The number of hydrogen-bond donors (Lipinski definition) is 2. The van der Waals surface area contributed by atoms with E-state index < -0.39 is 5.97 Å². The van der Waals surface area contributed by atoms with Crippen LogP contribution >= 0.6 is 0 Å². The van der Waals surface area contributed by atoms with Gasteiger partial charge in [-0.15, -0.1) is 0 Å². The number of aromatic carboxylic acids is 1. The molecule has 0 spiro atoms. The smallest absolute Gasteiger partial charge is 0.354 e. The first-order valence-electron chi connectivity index (χ1n) is 13.5. The second-order valence-corrected chi connectivity index (χ2v) is 9.80. The maximum absolute atomic E-state index is 12.2. The molecule has 0 saturated heterocycles. The molecule has 1 atom stereocenters. The molecule has 1 aromatic heterocycles. The van der Waals surface area contributed by atoms with Crippen molar-refractivity contribution < 1.29 is 24.5 Å². The minimum Gasteiger partial charge on any atom is -0.508 e. The number of benzene rings is 2. The van der Waals surface area contributed by atoms with Crippen molar-refractivity contribution in [1.82, 2.24) is 9.88 Å². The Morgan fingerprint density at radius 1 is 1.03 bits per heavy atom. The maximum Gasteiger partial charge on any atom is 0.354 e. The lowest BCUT2D eigenvalue weighted by Gasteiger charge is -2.36. The van der Waals surface area contributed by atoms with Crippen molar-refractivity contribution in [2.75, 3.05) is 19.7 Å². The van der Waals surface area contributed by atoms with Gasteiger partial charge in [0.1, 0.15) is 11.4 Å². The SMILES string of the molecule is CCCCOC(=O)c1ccc(CCN(CCc2ccccc2O)[C@H]2CCCc3nc(C(=O)O)ccc32)cc1. The van der Waals surface area contributed by atoms with Gasteiger partial charge in [-0.25, -0.2) is 14.6 Å². The lowest BCUT2D eigenvalue weighted by Crippen LogP contribution is -2.35. The summed E-state index contributed by atoms with van der Waals surface area (Å²) in [7, 11) is 0. The second-order valence-electron chi connectivity index (χ2n) is 9.80. The first kappa shape index (κ1) is 27.3. The molecule has 0 aliphatic heterocycles. The van der Waals surface area contributed by atoms with Crippen LogP contribution in [0.4, 0.5) is 0 Å². The fraction of sp³-hybridized carbons (Fsp3) is 0.387. The minimum atomic E-state index is -1.01. The number of pyridine rings is 1. The van der Waals surface area contributed by atoms with Gasteiger partial charge in [0.25, 0.3) is 0 Å². The van der Waals surface area contributed by atoms with Crippen LogP contribution < -0.4 is 0 Å². The Morgan fingerprint density at radius 3 is 2.53 bits per heavy atom. The van der Waals surface area contributed by atoms with Gasteiger partial charge in [-0.1, -0.05) is 49.7 Å². The summed E-state index contributed by atoms with van der Waals surface area (Å²) in [6, 6.07) is 18.6. The van der Waals surface area contributed by atoms with Crippen molar-refractivity contribution in [3.63, 3.8) is 0 Å². The maximum atomic E-state index is 12.2. The number of aromatic nitrogens is 1. The van der Waals surface area contributed by atoms with Gasteiger partial charge in [-0.05, 0) is 79.5 Å². The largest absolute Gasteiger partial charge is 0.508 e. The Balaban J connectivity index is 1.49. The zero-order chi connectivity index (χ0) is 26.9. The lowest BCUT2D eigenvalue weighted by molar-refractivity contribution is 0.0499. The number of esters is 1. The van der Waals surface area contributed by atoms with Gasteiger partial charge >= 0.3 is 11.9 Å². The molecule has 0 bridgehead atoms. The summed E-state index contributed by atoms with van der Waals surface area (Å²) in [5, 5.41) is 19.7. The predicted octanol–water partition coefficient (Wildman–Crippen LogP) is 5.61. The fourth-order valence-corrected chi connectivity index (χ4v) is 5.02. The van der Waals surface area contributed by atoms with Gasteiger partial charge in [-0.3, -0.25) is 4.90 Å². The molecule has 0 unspecified atom stereocenters. The number of hydrogen-bond acceptors (Lipinski definition) is 6. The van der Waals surface area contributed by atoms with Crippen LogP contribution in [-0.2, 0) is 24.0 Å². The van der Waals surface area contributed by atoms with Crippen LogP contribution in [0.1, 0.15) is 81.9 Å². The van der Waals surface area contributed by atoms with Crippen molar-refractivity contribution in [1.29, 1.82) is 0 Å². The standard InChI is InChI=1S/C31H36N2O5/c1-2-3-21-38-31(37)24-13-11-22(12-14-24)17-19-33(20-18-23-7-4-5-10-29(23)34)28-9-6-8-26-25(28)15-16-27(32-26)30(35)36/h4-5,7,10-16,28,34H,2-3,6,8-9,17-21H2,1H3,(H,35,36)/t28-/m0/s1. The van der Waals surface area contributed by atoms with Crippen molar-refractivity contribution >= 4 is 11.9 Å². The Bertz CT molecular complexity index is 1240. The van der Waals surface area contributed by atoms with E-state index in [4.69, 9.17) is 4.74 Å². The van der Waals surface area contributed by atoms with Gasteiger partial charge in [-0.2, -0.15) is 0 Å². The number of carboxylic acids is 1. The van der Waals surface area contributed by atoms with Crippen molar-refractivity contribution in [3.05, 3.63) is 94.3 Å². The number of para-hydroxylation sites is 1. The summed E-state index contributed by atoms with van der Waals surface area (Å²) in [6.45, 7) is 4.02. The molecule has 38 heavy (non-hydrogen) atoms. The summed E-state index contributed by atoms with van der Waals surface area (Å²) in [5.41, 5.74) is 4.61. The predicted molar refractivity (Wildman–Crippen MR) is 146 cm³/mol. The van der Waals surface area contributed by atoms with E-state index in [2.05, 4.69) is 16.8 Å². The summed E-state index contributed by atoms with van der Waals surface area (Å²) in [5.74, 6) is -1.00. The van der Waals surface area contributed by atoms with Crippen molar-refractivity contribution in [2.24, 2.45) is 0 Å². The average molecular weight is 517 g/mol. The molecule has 2 N–H and O–H groups in total. The van der Waals surface area contributed by atoms with E-state index in [0.717, 1.165) is 74.0 Å². The molecule has 0 radical (unpaired) electrons. The summed E-state index contributed by atoms with van der Waals surface area (Å²) < 4.78 is 5.32. The summed E-state index contributed by atoms with van der Waals surface area (Å²) >= 11 is 0. The summed E-state index contributed by atoms with van der Waals surface area (Å²) in [6.07, 6.45) is 6.00. The number of carboxylic acid groups (broad SMARTS) is 1. The van der Waals surface area contributed by atoms with E-state index in [9.17, 15) is 19.8 Å². The molecule has 4 rings (SSSR count). The number of aromatic hydroxyl groups is 1. The zero-order valence-corrected chi connectivity index (χ0v) is 21.9. The van der Waals surface area contributed by atoms with Crippen molar-refractivity contribution in [2.45, 2.75) is 57.9 Å². The number of aryl methyl sites for hydroxylation is 1. The molecule has 1 aliphatic rings. The second kappa shape index (κ2) is 13.2. The van der Waals surface area contributed by atoms with Crippen LogP contribution in [0.25, 0.3) is 0 Å². The molecule has 7 nitrogen and oxygen atoms in total. The van der Waals surface area contributed by atoms with E-state index in [1.807, 2.05) is 48.5 Å². The number of unbranched alkanes of at least 4 members (excludes halogenated alkanes) is 1. The van der Waals surface area contributed by atoms with E-state index in [1.54, 1.807) is 12.1 Å². The Labute approximate surface area is 224 Å². The molecule has 200 valence electrons. The first-order valence-corrected chi connectivity index (χ1v) is 13.5. The molecule has 7 heteroatoms. The van der Waals surface area contributed by atoms with Crippen molar-refractivity contribution in [3.8, 4) is 5.75 Å². The molecule has 0 fully saturated rings. The topological polar surface area (TPSA) is 100.0 Å². The van der Waals surface area contributed by atoms with E-state index in [0.29, 0.717) is 24.3 Å². The van der Waals surface area contributed by atoms with Crippen LogP contribution in [0.3, 0.4) is 0 Å². The summed E-state index contributed by atoms with van der Waals surface area (Å²) in [4.78, 5) is 30.6. The zero-order valence-electron chi connectivity index (χ0n) is 21.9. The molecular weight excluding hydrogens is 480 g/mol. The number of rotatable bonds is 12. The number of ether oxygens (including phenoxy) is 1. The number of phenolic OH excluding ortho intramolecular Hbond substituents is 1. The first-order chi connectivity index (χ1) is 18.5. The van der Waals surface area contributed by atoms with Gasteiger partial charge in [0.05, 0.1) is 12.2 Å². The highest BCUT2D eigenvalue weighted by atomic mass is 16.5. The van der Waals surface area contributed by atoms with Crippen LogP contribution in [0, 0.1) is 0 Å². The Hall–Kier alpha value is -3.71. The third kappa shape index (κ3) is 6.98. The highest BCUT2D eigenvalue weighted by molar-refractivity contribution is 5.89. The Kier molecular flexibility index (Phi) is 9.49. The highest BCUT2D eigenvalue weighted by Gasteiger charge is 2.27. The third-order valence-corrected chi connectivity index (χ3v) is 7.19. The number of nitrogens with zero attached hydrogens (tertiary/aromatic N) is 2. The third-order valence-electron chi connectivity index (χ3n) is 7.19. The van der Waals surface area contributed by atoms with Gasteiger partial charge in [0, 0.05) is 24.8 Å².